The fourth-order valence-corrected chi connectivity index (χ4v) is 7.31. The average Bonchev–Trinajstić information content (AvgIpc) is 3.08. The first-order valence-corrected chi connectivity index (χ1v) is 17.7. The molecule has 1 saturated carbocycles. The lowest BCUT2D eigenvalue weighted by atomic mass is 9.95. The van der Waals surface area contributed by atoms with Gasteiger partial charge < -0.3 is 24.4 Å². The second-order valence-corrected chi connectivity index (χ2v) is 13.7. The highest BCUT2D eigenvalue weighted by Crippen LogP contribution is 2.33. The van der Waals surface area contributed by atoms with Gasteiger partial charge in [-0.25, -0.2) is 8.42 Å². The molecule has 4 rings (SSSR count). The Morgan fingerprint density at radius 3 is 2.17 bits per heavy atom. The Kier molecular flexibility index (Phi) is 12.8. The molecule has 1 aliphatic rings. The van der Waals surface area contributed by atoms with Crippen molar-refractivity contribution < 1.29 is 32.2 Å². The van der Waals surface area contributed by atoms with Crippen molar-refractivity contribution in [1.82, 2.24) is 10.2 Å². The monoisotopic (exact) mass is 685 g/mol. The summed E-state index contributed by atoms with van der Waals surface area (Å²) in [5, 5.41) is 3.70. The van der Waals surface area contributed by atoms with Crippen LogP contribution in [-0.2, 0) is 26.2 Å². The number of hydrogen-bond acceptors (Lipinski definition) is 7. The summed E-state index contributed by atoms with van der Waals surface area (Å²) in [6, 6.07) is 17.0. The number of carbonyl (C=O) groups excluding carboxylic acids is 2. The zero-order valence-electron chi connectivity index (χ0n) is 27.4. The summed E-state index contributed by atoms with van der Waals surface area (Å²) in [5.74, 6) is 0.349. The molecule has 0 saturated heterocycles. The van der Waals surface area contributed by atoms with Crippen LogP contribution in [0.25, 0.3) is 0 Å². The fourth-order valence-electron chi connectivity index (χ4n) is 5.76. The second kappa shape index (κ2) is 16.7. The van der Waals surface area contributed by atoms with Crippen LogP contribution in [0.4, 0.5) is 5.69 Å². The van der Waals surface area contributed by atoms with Crippen molar-refractivity contribution in [2.75, 3.05) is 31.7 Å². The summed E-state index contributed by atoms with van der Waals surface area (Å²) in [5.41, 5.74) is 1.00. The Hall–Kier alpha value is -3.96. The average molecular weight is 686 g/mol. The molecule has 1 N–H and O–H groups in total. The number of nitrogens with zero attached hydrogens (tertiary/aromatic N) is 2. The zero-order valence-corrected chi connectivity index (χ0v) is 29.0. The first-order chi connectivity index (χ1) is 22.6. The van der Waals surface area contributed by atoms with Gasteiger partial charge in [0.25, 0.3) is 10.0 Å². The van der Waals surface area contributed by atoms with E-state index in [4.69, 9.17) is 25.8 Å². The maximum atomic E-state index is 14.4. The third-order valence-corrected chi connectivity index (χ3v) is 10.3. The first kappa shape index (κ1) is 35.9. The molecule has 2 amide bonds. The van der Waals surface area contributed by atoms with Gasteiger partial charge in [-0.3, -0.25) is 13.9 Å². The van der Waals surface area contributed by atoms with Gasteiger partial charge in [-0.2, -0.15) is 0 Å². The van der Waals surface area contributed by atoms with Gasteiger partial charge in [0.1, 0.15) is 18.3 Å². The number of amides is 2. The third kappa shape index (κ3) is 9.10. The summed E-state index contributed by atoms with van der Waals surface area (Å²) in [7, 11) is -1.45. The number of benzene rings is 3. The smallest absolute Gasteiger partial charge is 0.264 e. The first-order valence-electron chi connectivity index (χ1n) is 15.9. The van der Waals surface area contributed by atoms with E-state index in [9.17, 15) is 18.0 Å². The summed E-state index contributed by atoms with van der Waals surface area (Å²) in [4.78, 5) is 29.5. The summed E-state index contributed by atoms with van der Waals surface area (Å²) < 4.78 is 46.0. The number of anilines is 1. The van der Waals surface area contributed by atoms with Crippen LogP contribution in [-0.4, -0.2) is 64.6 Å². The molecule has 3 aromatic rings. The number of sulfonamides is 1. The van der Waals surface area contributed by atoms with E-state index in [0.29, 0.717) is 29.5 Å². The van der Waals surface area contributed by atoms with Gasteiger partial charge in [0, 0.05) is 23.7 Å². The number of rotatable bonds is 15. The molecule has 1 atom stereocenters. The van der Waals surface area contributed by atoms with Crippen molar-refractivity contribution in [2.24, 2.45) is 0 Å². The van der Waals surface area contributed by atoms with Gasteiger partial charge in [0.05, 0.1) is 31.4 Å². The lowest BCUT2D eigenvalue weighted by Crippen LogP contribution is -2.54. The predicted molar refractivity (Wildman–Crippen MR) is 183 cm³/mol. The standard InChI is InChI=1S/C35H44ClN3O7S/c1-5-31(35(41)37-27-10-8-7-9-11-27)38(23-25-12-14-26(36)15-13-25)34(40)24-39(28-16-18-29(19-17-28)46-6-2)47(42,43)30-20-21-32(44-3)33(22-30)45-4/h12-22,27,31H,5-11,23-24H2,1-4H3,(H,37,41)/t31-/m1/s1. The maximum absolute atomic E-state index is 14.4. The summed E-state index contributed by atoms with van der Waals surface area (Å²) in [6.45, 7) is 3.65. The van der Waals surface area contributed by atoms with Crippen LogP contribution in [0.5, 0.6) is 17.2 Å². The molecule has 0 radical (unpaired) electrons. The quantitative estimate of drug-likeness (QED) is 0.202. The predicted octanol–water partition coefficient (Wildman–Crippen LogP) is 6.21. The highest BCUT2D eigenvalue weighted by molar-refractivity contribution is 7.92. The van der Waals surface area contributed by atoms with E-state index in [1.54, 1.807) is 48.5 Å². The minimum Gasteiger partial charge on any atom is -0.494 e. The Bertz CT molecular complexity index is 1590. The maximum Gasteiger partial charge on any atom is 0.264 e. The van der Waals surface area contributed by atoms with Crippen LogP contribution in [0.3, 0.4) is 0 Å². The van der Waals surface area contributed by atoms with Gasteiger partial charge in [-0.1, -0.05) is 49.9 Å². The zero-order chi connectivity index (χ0) is 34.0. The van der Waals surface area contributed by atoms with Crippen LogP contribution >= 0.6 is 11.6 Å². The Morgan fingerprint density at radius 1 is 0.915 bits per heavy atom. The molecule has 10 nitrogen and oxygen atoms in total. The Labute approximate surface area is 283 Å². The molecule has 47 heavy (non-hydrogen) atoms. The van der Waals surface area contributed by atoms with E-state index in [-0.39, 0.29) is 34.8 Å². The van der Waals surface area contributed by atoms with Crippen molar-refractivity contribution in [3.63, 3.8) is 0 Å². The van der Waals surface area contributed by atoms with Crippen LogP contribution < -0.4 is 23.8 Å². The SMILES string of the molecule is CCOc1ccc(N(CC(=O)N(Cc2ccc(Cl)cc2)[C@H](CC)C(=O)NC2CCCCC2)S(=O)(=O)c2ccc(OC)c(OC)c2)cc1. The van der Waals surface area contributed by atoms with Gasteiger partial charge in [-0.15, -0.1) is 0 Å². The van der Waals surface area contributed by atoms with Crippen molar-refractivity contribution in [3.05, 3.63) is 77.3 Å². The summed E-state index contributed by atoms with van der Waals surface area (Å²) >= 11 is 6.13. The topological polar surface area (TPSA) is 114 Å². The lowest BCUT2D eigenvalue weighted by molar-refractivity contribution is -0.140. The highest BCUT2D eigenvalue weighted by atomic mass is 35.5. The van der Waals surface area contributed by atoms with Gasteiger partial charge in [0.15, 0.2) is 11.5 Å². The van der Waals surface area contributed by atoms with E-state index in [1.165, 1.54) is 37.3 Å². The number of methoxy groups -OCH3 is 2. The number of nitrogens with one attached hydrogen (secondary N) is 1. The molecule has 0 aromatic heterocycles. The van der Waals surface area contributed by atoms with E-state index < -0.39 is 28.5 Å². The Morgan fingerprint density at radius 2 is 1.57 bits per heavy atom. The largest absolute Gasteiger partial charge is 0.494 e. The van der Waals surface area contributed by atoms with Crippen molar-refractivity contribution in [3.8, 4) is 17.2 Å². The van der Waals surface area contributed by atoms with E-state index in [2.05, 4.69) is 5.32 Å². The van der Waals surface area contributed by atoms with Crippen LogP contribution in [0.2, 0.25) is 5.02 Å². The van der Waals surface area contributed by atoms with Gasteiger partial charge in [0.2, 0.25) is 11.8 Å². The molecule has 1 aliphatic carbocycles. The molecular weight excluding hydrogens is 642 g/mol. The molecule has 0 spiro atoms. The molecule has 12 heteroatoms. The number of carbonyl (C=O) groups is 2. The summed E-state index contributed by atoms with van der Waals surface area (Å²) in [6.07, 6.45) is 5.34. The molecule has 0 aliphatic heterocycles. The van der Waals surface area contributed by atoms with Gasteiger partial charge in [-0.05, 0) is 80.3 Å². The van der Waals surface area contributed by atoms with E-state index >= 15 is 0 Å². The molecule has 254 valence electrons. The molecule has 0 unspecified atom stereocenters. The lowest BCUT2D eigenvalue weighted by Gasteiger charge is -2.34. The number of hydrogen-bond donors (Lipinski definition) is 1. The molecule has 3 aromatic carbocycles. The highest BCUT2D eigenvalue weighted by Gasteiger charge is 2.35. The minimum atomic E-state index is -4.33. The molecule has 1 fully saturated rings. The van der Waals surface area contributed by atoms with Crippen LogP contribution in [0.15, 0.2) is 71.6 Å². The molecular formula is C35H44ClN3O7S. The third-order valence-electron chi connectivity index (χ3n) is 8.26. The van der Waals surface area contributed by atoms with Crippen molar-refractivity contribution >= 4 is 39.1 Å². The minimum absolute atomic E-state index is 0.0450. The number of ether oxygens (including phenoxy) is 3. The Balaban J connectivity index is 1.74. The number of halogens is 1. The normalized spacial score (nSPS) is 14.1. The molecule has 0 heterocycles. The van der Waals surface area contributed by atoms with Crippen LogP contribution in [0.1, 0.15) is 57.9 Å². The van der Waals surface area contributed by atoms with E-state index in [0.717, 1.165) is 42.0 Å². The van der Waals surface area contributed by atoms with Crippen molar-refractivity contribution in [1.29, 1.82) is 0 Å². The van der Waals surface area contributed by atoms with Crippen molar-refractivity contribution in [2.45, 2.75) is 75.9 Å². The second-order valence-electron chi connectivity index (χ2n) is 11.4. The van der Waals surface area contributed by atoms with E-state index in [1.807, 2.05) is 13.8 Å². The van der Waals surface area contributed by atoms with Gasteiger partial charge >= 0.3 is 0 Å². The molecule has 0 bridgehead atoms. The van der Waals surface area contributed by atoms with Crippen LogP contribution in [0, 0.1) is 0 Å². The fraction of sp³-hybridized carbons (Fsp3) is 0.429.